The van der Waals surface area contributed by atoms with Gasteiger partial charge in [-0.05, 0) is 0 Å². The van der Waals surface area contributed by atoms with Crippen LogP contribution in [0.4, 0.5) is 0 Å². The summed E-state index contributed by atoms with van der Waals surface area (Å²) in [7, 11) is -3.16. The van der Waals surface area contributed by atoms with Crippen molar-refractivity contribution in [3.63, 3.8) is 0 Å². The molecule has 1 aromatic rings. The number of H-pyrrole nitrogens is 1. The van der Waals surface area contributed by atoms with E-state index in [0.29, 0.717) is 0 Å². The van der Waals surface area contributed by atoms with Gasteiger partial charge in [-0.15, -0.1) is 5.10 Å². The molecule has 0 aliphatic carbocycles. The fourth-order valence-corrected chi connectivity index (χ4v) is 1.18. The monoisotopic (exact) mass is 161 g/mol. The quantitative estimate of drug-likeness (QED) is 0.640. The predicted molar refractivity (Wildman–Crippen MR) is 34.1 cm³/mol. The van der Waals surface area contributed by atoms with Gasteiger partial charge in [-0.25, -0.2) is 8.42 Å². The second-order valence-corrected chi connectivity index (χ2v) is 3.94. The van der Waals surface area contributed by atoms with Gasteiger partial charge in [0, 0.05) is 0 Å². The van der Waals surface area contributed by atoms with Gasteiger partial charge in [0.2, 0.25) is 0 Å². The van der Waals surface area contributed by atoms with Crippen LogP contribution in [-0.4, -0.2) is 29.6 Å². The van der Waals surface area contributed by atoms with Crippen LogP contribution < -0.4 is 0 Å². The van der Waals surface area contributed by atoms with E-state index in [4.69, 9.17) is 0 Å². The molecule has 0 atom stereocenters. The summed E-state index contributed by atoms with van der Waals surface area (Å²) in [4.78, 5) is 0. The van der Waals surface area contributed by atoms with Crippen LogP contribution in [-0.2, 0) is 9.84 Å². The van der Waals surface area contributed by atoms with Crippen LogP contribution in [0.2, 0.25) is 0 Å². The van der Waals surface area contributed by atoms with E-state index in [1.54, 1.807) is 6.92 Å². The summed E-state index contributed by atoms with van der Waals surface area (Å²) >= 11 is 0. The van der Waals surface area contributed by atoms with E-state index in [1.807, 2.05) is 0 Å². The molecule has 1 N–H and O–H groups in total. The molecule has 0 saturated carbocycles. The Labute approximate surface area is 58.4 Å². The second kappa shape index (κ2) is 2.37. The van der Waals surface area contributed by atoms with Crippen molar-refractivity contribution in [2.75, 3.05) is 5.75 Å². The molecule has 0 fully saturated rings. The molecule has 10 heavy (non-hydrogen) atoms. The molecule has 0 aliphatic rings. The highest BCUT2D eigenvalue weighted by atomic mass is 32.2. The molecule has 0 bridgehead atoms. The van der Waals surface area contributed by atoms with Crippen molar-refractivity contribution < 1.29 is 8.42 Å². The van der Waals surface area contributed by atoms with E-state index in [1.165, 1.54) is 6.20 Å². The topological polar surface area (TPSA) is 75.7 Å². The van der Waals surface area contributed by atoms with Crippen LogP contribution in [0.3, 0.4) is 0 Å². The molecule has 6 heteroatoms. The Bertz CT molecular complexity index is 288. The summed E-state index contributed by atoms with van der Waals surface area (Å²) in [6.07, 6.45) is 1.26. The van der Waals surface area contributed by atoms with Gasteiger partial charge in [0.1, 0.15) is 0 Å². The Morgan fingerprint density at radius 2 is 2.40 bits per heavy atom. The fraction of sp³-hybridized carbons (Fsp3) is 0.500. The lowest BCUT2D eigenvalue weighted by Crippen LogP contribution is -2.03. The lowest BCUT2D eigenvalue weighted by Gasteiger charge is -1.90. The van der Waals surface area contributed by atoms with Gasteiger partial charge in [-0.1, -0.05) is 12.1 Å². The normalized spacial score (nSPS) is 11.7. The largest absolute Gasteiger partial charge is 0.264 e. The van der Waals surface area contributed by atoms with Crippen LogP contribution in [0.25, 0.3) is 0 Å². The molecular formula is C4H7N3O2S. The van der Waals surface area contributed by atoms with Crippen molar-refractivity contribution in [1.82, 2.24) is 15.4 Å². The van der Waals surface area contributed by atoms with Crippen molar-refractivity contribution in [2.45, 2.75) is 11.9 Å². The number of sulfone groups is 1. The van der Waals surface area contributed by atoms with Crippen molar-refractivity contribution in [3.05, 3.63) is 6.20 Å². The summed E-state index contributed by atoms with van der Waals surface area (Å²) in [6.45, 7) is 1.56. The first-order valence-corrected chi connectivity index (χ1v) is 4.41. The van der Waals surface area contributed by atoms with Crippen molar-refractivity contribution >= 4 is 9.84 Å². The fourth-order valence-electron chi connectivity index (χ4n) is 0.491. The first-order chi connectivity index (χ1) is 4.67. The van der Waals surface area contributed by atoms with Crippen LogP contribution in [0.5, 0.6) is 0 Å². The molecule has 0 unspecified atom stereocenters. The maximum Gasteiger partial charge on any atom is 0.198 e. The highest BCUT2D eigenvalue weighted by Crippen LogP contribution is 2.02. The third-order valence-corrected chi connectivity index (χ3v) is 2.69. The first kappa shape index (κ1) is 7.20. The summed E-state index contributed by atoms with van der Waals surface area (Å²) in [5.74, 6) is 0.0551. The van der Waals surface area contributed by atoms with Gasteiger partial charge in [0.05, 0.1) is 11.9 Å². The Morgan fingerprint density at radius 3 is 2.80 bits per heavy atom. The standard InChI is InChI=1S/C4H7N3O2S/c1-2-10(8,9)4-3-5-7-6-4/h3H,2H2,1H3,(H,5,6,7). The number of aromatic amines is 1. The number of rotatable bonds is 2. The van der Waals surface area contributed by atoms with Gasteiger partial charge < -0.3 is 0 Å². The summed E-state index contributed by atoms with van der Waals surface area (Å²) < 4.78 is 21.9. The number of aromatic nitrogens is 3. The van der Waals surface area contributed by atoms with E-state index in [9.17, 15) is 8.42 Å². The maximum atomic E-state index is 10.9. The van der Waals surface area contributed by atoms with E-state index >= 15 is 0 Å². The molecular weight excluding hydrogens is 154 g/mol. The zero-order valence-corrected chi connectivity index (χ0v) is 6.22. The van der Waals surface area contributed by atoms with Crippen LogP contribution >= 0.6 is 0 Å². The summed E-state index contributed by atoms with van der Waals surface area (Å²) in [6, 6.07) is 0. The Hall–Kier alpha value is -0.910. The van der Waals surface area contributed by atoms with Crippen molar-refractivity contribution in [1.29, 1.82) is 0 Å². The van der Waals surface area contributed by atoms with E-state index in [2.05, 4.69) is 15.4 Å². The summed E-state index contributed by atoms with van der Waals surface area (Å²) in [5.41, 5.74) is 0. The van der Waals surface area contributed by atoms with E-state index in [-0.39, 0.29) is 10.8 Å². The third kappa shape index (κ3) is 1.15. The predicted octanol–water partition coefficient (Wildman–Crippen LogP) is -0.402. The Morgan fingerprint density at radius 1 is 1.70 bits per heavy atom. The van der Waals surface area contributed by atoms with Crippen LogP contribution in [0.1, 0.15) is 6.92 Å². The lowest BCUT2D eigenvalue weighted by molar-refractivity contribution is 0.593. The molecule has 0 amide bonds. The van der Waals surface area contributed by atoms with Gasteiger partial charge in [0.25, 0.3) is 0 Å². The molecule has 0 aliphatic heterocycles. The van der Waals surface area contributed by atoms with Crippen molar-refractivity contribution in [2.24, 2.45) is 0 Å². The van der Waals surface area contributed by atoms with Gasteiger partial charge in [0.15, 0.2) is 14.9 Å². The summed E-state index contributed by atoms with van der Waals surface area (Å²) in [5, 5.41) is 8.99. The molecule has 56 valence electrons. The van der Waals surface area contributed by atoms with Crippen LogP contribution in [0, 0.1) is 0 Å². The highest BCUT2D eigenvalue weighted by molar-refractivity contribution is 7.91. The minimum Gasteiger partial charge on any atom is -0.264 e. The number of nitrogens with one attached hydrogen (secondary N) is 1. The van der Waals surface area contributed by atoms with E-state index in [0.717, 1.165) is 0 Å². The van der Waals surface area contributed by atoms with Crippen molar-refractivity contribution in [3.8, 4) is 0 Å². The minimum atomic E-state index is -3.16. The average Bonchev–Trinajstić information content (AvgIpc) is 2.38. The molecule has 5 nitrogen and oxygen atoms in total. The SMILES string of the molecule is CCS(=O)(=O)c1c[nH]nn1. The van der Waals surface area contributed by atoms with Gasteiger partial charge in [-0.2, -0.15) is 0 Å². The molecule has 0 aromatic carbocycles. The van der Waals surface area contributed by atoms with Crippen LogP contribution in [0.15, 0.2) is 11.2 Å². The molecule has 0 saturated heterocycles. The Balaban J connectivity index is 3.09. The smallest absolute Gasteiger partial charge is 0.198 e. The maximum absolute atomic E-state index is 10.9. The second-order valence-electron chi connectivity index (χ2n) is 1.72. The van der Waals surface area contributed by atoms with E-state index < -0.39 is 9.84 Å². The average molecular weight is 161 g/mol. The molecule has 1 heterocycles. The zero-order valence-electron chi connectivity index (χ0n) is 5.40. The third-order valence-electron chi connectivity index (χ3n) is 1.09. The minimum absolute atomic E-state index is 0.00926. The molecule has 0 radical (unpaired) electrons. The molecule has 1 rings (SSSR count). The molecule has 0 spiro atoms. The lowest BCUT2D eigenvalue weighted by atomic mass is 10.9. The van der Waals surface area contributed by atoms with Gasteiger partial charge in [-0.3, -0.25) is 5.10 Å². The first-order valence-electron chi connectivity index (χ1n) is 2.76. The molecule has 1 aromatic heterocycles. The number of nitrogens with zero attached hydrogens (tertiary/aromatic N) is 2. The number of hydrogen-bond acceptors (Lipinski definition) is 4. The Kier molecular flexibility index (Phi) is 1.71. The van der Waals surface area contributed by atoms with Gasteiger partial charge >= 0.3 is 0 Å². The highest BCUT2D eigenvalue weighted by Gasteiger charge is 2.13. The number of hydrogen-bond donors (Lipinski definition) is 1. The zero-order chi connectivity index (χ0) is 7.61.